The molecule has 3 rings (SSSR count). The van der Waals surface area contributed by atoms with Crippen LogP contribution in [0.15, 0.2) is 18.2 Å². The van der Waals surface area contributed by atoms with Gasteiger partial charge in [0.05, 0.1) is 0 Å². The van der Waals surface area contributed by atoms with E-state index < -0.39 is 6.10 Å². The van der Waals surface area contributed by atoms with Gasteiger partial charge in [-0.05, 0) is 37.3 Å². The van der Waals surface area contributed by atoms with E-state index in [-0.39, 0.29) is 5.91 Å². The van der Waals surface area contributed by atoms with Crippen LogP contribution < -0.4 is 10.2 Å². The minimum Gasteiger partial charge on any atom is -0.378 e. The molecular formula is C15H20N2O2. The van der Waals surface area contributed by atoms with E-state index in [0.29, 0.717) is 5.56 Å². The smallest absolute Gasteiger partial charge is 0.257 e. The maximum Gasteiger partial charge on any atom is 0.257 e. The highest BCUT2D eigenvalue weighted by molar-refractivity contribution is 6.02. The lowest BCUT2D eigenvalue weighted by Crippen LogP contribution is -2.24. The molecular weight excluding hydrogens is 240 g/mol. The maximum absolute atomic E-state index is 11.4. The van der Waals surface area contributed by atoms with Crippen molar-refractivity contribution in [1.82, 2.24) is 0 Å². The molecule has 4 nitrogen and oxygen atoms in total. The van der Waals surface area contributed by atoms with E-state index in [9.17, 15) is 9.90 Å². The Hall–Kier alpha value is -1.55. The number of carbonyl (C=O) groups is 1. The molecule has 2 aliphatic heterocycles. The summed E-state index contributed by atoms with van der Waals surface area (Å²) in [6.07, 6.45) is 2.71. The van der Waals surface area contributed by atoms with Crippen molar-refractivity contribution in [3.8, 4) is 0 Å². The Morgan fingerprint density at radius 3 is 3.00 bits per heavy atom. The molecule has 1 saturated heterocycles. The molecule has 1 aromatic carbocycles. The third-order valence-corrected chi connectivity index (χ3v) is 4.22. The van der Waals surface area contributed by atoms with Crippen molar-refractivity contribution in [2.24, 2.45) is 5.92 Å². The van der Waals surface area contributed by atoms with Crippen molar-refractivity contribution in [2.45, 2.75) is 32.3 Å². The highest BCUT2D eigenvalue weighted by atomic mass is 16.3. The monoisotopic (exact) mass is 260 g/mol. The van der Waals surface area contributed by atoms with Crippen molar-refractivity contribution >= 4 is 17.3 Å². The van der Waals surface area contributed by atoms with E-state index in [1.54, 1.807) is 0 Å². The quantitative estimate of drug-likeness (QED) is 0.814. The number of amides is 1. The number of benzene rings is 1. The first-order valence-electron chi connectivity index (χ1n) is 7.03. The van der Waals surface area contributed by atoms with E-state index in [1.165, 1.54) is 19.3 Å². The Labute approximate surface area is 113 Å². The van der Waals surface area contributed by atoms with Crippen LogP contribution in [0.1, 0.15) is 37.9 Å². The standard InChI is InChI=1S/C15H20N2O2/c1-10-3-2-7-17(8-6-10)11-4-5-12-13(9-11)16-15(19)14(12)18/h4-5,9-10,14,18H,2-3,6-8H2,1H3,(H,16,19). The lowest BCUT2D eigenvalue weighted by Gasteiger charge is -2.23. The third-order valence-electron chi connectivity index (χ3n) is 4.22. The number of nitrogens with one attached hydrogen (secondary N) is 1. The van der Waals surface area contributed by atoms with Crippen LogP contribution in [-0.4, -0.2) is 24.1 Å². The van der Waals surface area contributed by atoms with Crippen LogP contribution in [0.2, 0.25) is 0 Å². The first-order valence-corrected chi connectivity index (χ1v) is 7.03. The van der Waals surface area contributed by atoms with Crippen LogP contribution in [-0.2, 0) is 4.79 Å². The minimum absolute atomic E-state index is 0.323. The summed E-state index contributed by atoms with van der Waals surface area (Å²) in [6.45, 7) is 4.44. The average Bonchev–Trinajstić information content (AvgIpc) is 2.57. The Balaban J connectivity index is 1.83. The van der Waals surface area contributed by atoms with Crippen LogP contribution in [0.4, 0.5) is 11.4 Å². The number of hydrogen-bond donors (Lipinski definition) is 2. The Kier molecular flexibility index (Phi) is 3.19. The highest BCUT2D eigenvalue weighted by Crippen LogP contribution is 2.34. The molecule has 2 N–H and O–H groups in total. The fourth-order valence-corrected chi connectivity index (χ4v) is 2.95. The van der Waals surface area contributed by atoms with Gasteiger partial charge in [-0.3, -0.25) is 4.79 Å². The van der Waals surface area contributed by atoms with E-state index in [4.69, 9.17) is 0 Å². The zero-order valence-corrected chi connectivity index (χ0v) is 11.2. The predicted molar refractivity (Wildman–Crippen MR) is 75.3 cm³/mol. The first kappa shape index (κ1) is 12.5. The van der Waals surface area contributed by atoms with Gasteiger partial charge in [0.2, 0.25) is 0 Å². The summed E-state index contributed by atoms with van der Waals surface area (Å²) in [6, 6.07) is 5.86. The van der Waals surface area contributed by atoms with E-state index >= 15 is 0 Å². The second-order valence-electron chi connectivity index (χ2n) is 5.69. The number of anilines is 2. The SMILES string of the molecule is CC1CCCN(c2ccc3c(c2)NC(=O)C3O)CC1. The Bertz CT molecular complexity index is 501. The number of fused-ring (bicyclic) bond motifs is 1. The number of carbonyl (C=O) groups excluding carboxylic acids is 1. The Morgan fingerprint density at radius 1 is 1.32 bits per heavy atom. The summed E-state index contributed by atoms with van der Waals surface area (Å²) in [5, 5.41) is 12.4. The fraction of sp³-hybridized carbons (Fsp3) is 0.533. The number of hydrogen-bond acceptors (Lipinski definition) is 3. The van der Waals surface area contributed by atoms with Gasteiger partial charge in [-0.25, -0.2) is 0 Å². The molecule has 0 radical (unpaired) electrons. The van der Waals surface area contributed by atoms with Crippen molar-refractivity contribution in [2.75, 3.05) is 23.3 Å². The zero-order valence-electron chi connectivity index (χ0n) is 11.2. The van der Waals surface area contributed by atoms with Gasteiger partial charge in [0.15, 0.2) is 6.10 Å². The summed E-state index contributed by atoms with van der Waals surface area (Å²) in [7, 11) is 0. The molecule has 2 unspecified atom stereocenters. The summed E-state index contributed by atoms with van der Waals surface area (Å²) in [5.74, 6) is 0.470. The molecule has 1 amide bonds. The number of aliphatic hydroxyl groups is 1. The van der Waals surface area contributed by atoms with E-state index in [2.05, 4.69) is 17.1 Å². The lowest BCUT2D eigenvalue weighted by molar-refractivity contribution is -0.123. The van der Waals surface area contributed by atoms with Gasteiger partial charge in [0.1, 0.15) is 0 Å². The number of aliphatic hydroxyl groups excluding tert-OH is 1. The topological polar surface area (TPSA) is 52.6 Å². The molecule has 0 aliphatic carbocycles. The van der Waals surface area contributed by atoms with Crippen LogP contribution in [0.25, 0.3) is 0 Å². The second kappa shape index (κ2) is 4.85. The van der Waals surface area contributed by atoms with Crippen LogP contribution in [0, 0.1) is 5.92 Å². The van der Waals surface area contributed by atoms with Crippen molar-refractivity contribution in [1.29, 1.82) is 0 Å². The van der Waals surface area contributed by atoms with Crippen LogP contribution >= 0.6 is 0 Å². The van der Waals surface area contributed by atoms with Gasteiger partial charge in [-0.15, -0.1) is 0 Å². The largest absolute Gasteiger partial charge is 0.378 e. The molecule has 2 aliphatic rings. The summed E-state index contributed by atoms with van der Waals surface area (Å²) < 4.78 is 0. The minimum atomic E-state index is -1.01. The Morgan fingerprint density at radius 2 is 2.16 bits per heavy atom. The van der Waals surface area contributed by atoms with Crippen LogP contribution in [0.3, 0.4) is 0 Å². The summed E-state index contributed by atoms with van der Waals surface area (Å²) in [4.78, 5) is 13.8. The zero-order chi connectivity index (χ0) is 13.4. The molecule has 1 fully saturated rings. The first-order chi connectivity index (χ1) is 9.15. The summed E-state index contributed by atoms with van der Waals surface area (Å²) >= 11 is 0. The molecule has 4 heteroatoms. The van der Waals surface area contributed by atoms with Gasteiger partial charge in [0.25, 0.3) is 5.91 Å². The van der Waals surface area contributed by atoms with Gasteiger partial charge >= 0.3 is 0 Å². The fourth-order valence-electron chi connectivity index (χ4n) is 2.95. The van der Waals surface area contributed by atoms with E-state index in [0.717, 1.165) is 30.4 Å². The van der Waals surface area contributed by atoms with Crippen molar-refractivity contribution in [3.63, 3.8) is 0 Å². The molecule has 102 valence electrons. The molecule has 19 heavy (non-hydrogen) atoms. The average molecular weight is 260 g/mol. The maximum atomic E-state index is 11.4. The normalized spacial score (nSPS) is 26.8. The van der Waals surface area contributed by atoms with Crippen LogP contribution in [0.5, 0.6) is 0 Å². The van der Waals surface area contributed by atoms with Gasteiger partial charge in [-0.2, -0.15) is 0 Å². The summed E-state index contributed by atoms with van der Waals surface area (Å²) in [5.41, 5.74) is 2.59. The van der Waals surface area contributed by atoms with Crippen molar-refractivity contribution in [3.05, 3.63) is 23.8 Å². The number of nitrogens with zero attached hydrogens (tertiary/aromatic N) is 1. The number of rotatable bonds is 1. The van der Waals surface area contributed by atoms with Gasteiger partial charge < -0.3 is 15.3 Å². The molecule has 0 aromatic heterocycles. The van der Waals surface area contributed by atoms with E-state index in [1.807, 2.05) is 18.2 Å². The highest BCUT2D eigenvalue weighted by Gasteiger charge is 2.29. The van der Waals surface area contributed by atoms with Crippen molar-refractivity contribution < 1.29 is 9.90 Å². The lowest BCUT2D eigenvalue weighted by atomic mass is 10.0. The predicted octanol–water partition coefficient (Wildman–Crippen LogP) is 2.30. The molecule has 0 spiro atoms. The molecule has 0 bridgehead atoms. The molecule has 2 heterocycles. The third kappa shape index (κ3) is 2.32. The molecule has 1 aromatic rings. The molecule has 0 saturated carbocycles. The molecule has 2 atom stereocenters. The van der Waals surface area contributed by atoms with Gasteiger partial charge in [-0.1, -0.05) is 13.0 Å². The van der Waals surface area contributed by atoms with Gasteiger partial charge in [0, 0.05) is 30.0 Å². The second-order valence-corrected chi connectivity index (χ2v) is 5.69.